The zero-order valence-electron chi connectivity index (χ0n) is 11.7. The van der Waals surface area contributed by atoms with Gasteiger partial charge in [0.05, 0.1) is 0 Å². The van der Waals surface area contributed by atoms with E-state index in [1.54, 1.807) is 7.05 Å². The monoisotopic (exact) mass is 267 g/mol. The molecule has 19 heavy (non-hydrogen) atoms. The number of aryl methyl sites for hydroxylation is 1. The minimum atomic E-state index is -0.411. The molecule has 1 atom stereocenters. The summed E-state index contributed by atoms with van der Waals surface area (Å²) in [6, 6.07) is 0.439. The Morgan fingerprint density at radius 1 is 1.37 bits per heavy atom. The van der Waals surface area contributed by atoms with E-state index < -0.39 is 5.69 Å². The largest absolute Gasteiger partial charge is 0.362 e. The number of anilines is 1. The van der Waals surface area contributed by atoms with Crippen LogP contribution in [0.5, 0.6) is 0 Å². The van der Waals surface area contributed by atoms with E-state index in [9.17, 15) is 9.59 Å². The van der Waals surface area contributed by atoms with Crippen LogP contribution in [0, 0.1) is 0 Å². The van der Waals surface area contributed by atoms with E-state index in [-0.39, 0.29) is 11.4 Å². The number of hydrogen-bond acceptors (Lipinski definition) is 5. The standard InChI is InChI=1S/C12H21N5O2/c1-4-17-7-5-6-9(17)8-13-10-11(18)15(2)12(19)16(3)14-10/h9H,4-8H2,1-3H3,(H,13,14). The third-order valence-electron chi connectivity index (χ3n) is 3.73. The van der Waals surface area contributed by atoms with Crippen molar-refractivity contribution in [2.45, 2.75) is 25.8 Å². The van der Waals surface area contributed by atoms with Crippen LogP contribution in [0.25, 0.3) is 0 Å². The number of hydrogen-bond donors (Lipinski definition) is 1. The summed E-state index contributed by atoms with van der Waals surface area (Å²) in [4.78, 5) is 25.8. The molecule has 0 spiro atoms. The average Bonchev–Trinajstić information content (AvgIpc) is 2.86. The van der Waals surface area contributed by atoms with Gasteiger partial charge in [0.2, 0.25) is 5.82 Å². The van der Waals surface area contributed by atoms with Gasteiger partial charge >= 0.3 is 5.69 Å². The second kappa shape index (κ2) is 5.56. The lowest BCUT2D eigenvalue weighted by Gasteiger charge is -2.23. The van der Waals surface area contributed by atoms with Crippen LogP contribution in [-0.2, 0) is 14.1 Å². The van der Waals surface area contributed by atoms with E-state index in [1.165, 1.54) is 18.2 Å². The summed E-state index contributed by atoms with van der Waals surface area (Å²) in [6.45, 7) is 4.96. The van der Waals surface area contributed by atoms with Crippen LogP contribution in [-0.4, -0.2) is 44.9 Å². The van der Waals surface area contributed by atoms with Gasteiger partial charge in [-0.2, -0.15) is 0 Å². The van der Waals surface area contributed by atoms with Crippen LogP contribution in [0.15, 0.2) is 9.59 Å². The first-order valence-electron chi connectivity index (χ1n) is 6.66. The highest BCUT2D eigenvalue weighted by Crippen LogP contribution is 2.16. The van der Waals surface area contributed by atoms with Gasteiger partial charge in [0.15, 0.2) is 0 Å². The summed E-state index contributed by atoms with van der Waals surface area (Å²) >= 11 is 0. The van der Waals surface area contributed by atoms with Gasteiger partial charge in [-0.15, -0.1) is 5.10 Å². The van der Waals surface area contributed by atoms with Gasteiger partial charge in [0.25, 0.3) is 5.56 Å². The van der Waals surface area contributed by atoms with Gasteiger partial charge in [-0.3, -0.25) is 14.3 Å². The van der Waals surface area contributed by atoms with Crippen molar-refractivity contribution in [1.82, 2.24) is 19.2 Å². The fourth-order valence-electron chi connectivity index (χ4n) is 2.57. The van der Waals surface area contributed by atoms with Crippen molar-refractivity contribution in [3.05, 3.63) is 20.8 Å². The van der Waals surface area contributed by atoms with Crippen LogP contribution in [0.1, 0.15) is 19.8 Å². The van der Waals surface area contributed by atoms with Crippen LogP contribution in [0.2, 0.25) is 0 Å². The third kappa shape index (κ3) is 2.70. The fourth-order valence-corrected chi connectivity index (χ4v) is 2.57. The molecular weight excluding hydrogens is 246 g/mol. The molecule has 1 aliphatic heterocycles. The Morgan fingerprint density at radius 3 is 2.79 bits per heavy atom. The Balaban J connectivity index is 2.12. The first kappa shape index (κ1) is 13.8. The first-order chi connectivity index (χ1) is 9.04. The van der Waals surface area contributed by atoms with Gasteiger partial charge in [-0.25, -0.2) is 9.48 Å². The molecule has 2 rings (SSSR count). The normalized spacial score (nSPS) is 19.8. The minimum absolute atomic E-state index is 0.243. The Hall–Kier alpha value is -1.63. The lowest BCUT2D eigenvalue weighted by Crippen LogP contribution is -2.41. The highest BCUT2D eigenvalue weighted by Gasteiger charge is 2.23. The van der Waals surface area contributed by atoms with E-state index in [2.05, 4.69) is 22.2 Å². The number of likely N-dealkylation sites (tertiary alicyclic amines) is 1. The molecule has 106 valence electrons. The van der Waals surface area contributed by atoms with Crippen LogP contribution >= 0.6 is 0 Å². The zero-order valence-corrected chi connectivity index (χ0v) is 11.7. The highest BCUT2D eigenvalue weighted by molar-refractivity contribution is 5.29. The van der Waals surface area contributed by atoms with Crippen LogP contribution in [0.4, 0.5) is 5.82 Å². The topological polar surface area (TPSA) is 72.2 Å². The molecule has 1 N–H and O–H groups in total. The second-order valence-corrected chi connectivity index (χ2v) is 4.92. The maximum Gasteiger partial charge on any atom is 0.346 e. The van der Waals surface area contributed by atoms with Gasteiger partial charge < -0.3 is 5.32 Å². The summed E-state index contributed by atoms with van der Waals surface area (Å²) in [5.41, 5.74) is -0.782. The molecule has 1 fully saturated rings. The minimum Gasteiger partial charge on any atom is -0.362 e. The number of nitrogens with one attached hydrogen (secondary N) is 1. The first-order valence-corrected chi connectivity index (χ1v) is 6.66. The molecule has 0 saturated carbocycles. The third-order valence-corrected chi connectivity index (χ3v) is 3.73. The van der Waals surface area contributed by atoms with E-state index in [1.807, 2.05) is 0 Å². The predicted molar refractivity (Wildman–Crippen MR) is 73.5 cm³/mol. The molecule has 7 heteroatoms. The number of aromatic nitrogens is 3. The molecule has 0 bridgehead atoms. The van der Waals surface area contributed by atoms with Crippen LogP contribution in [0.3, 0.4) is 0 Å². The molecule has 2 heterocycles. The van der Waals surface area contributed by atoms with Crippen molar-refractivity contribution >= 4 is 5.82 Å². The van der Waals surface area contributed by atoms with Crippen molar-refractivity contribution in [3.8, 4) is 0 Å². The summed E-state index contributed by atoms with van der Waals surface area (Å²) in [5.74, 6) is 0.243. The Labute approximate surface area is 111 Å². The molecule has 1 aromatic heterocycles. The van der Waals surface area contributed by atoms with E-state index in [0.717, 1.165) is 24.1 Å². The summed E-state index contributed by atoms with van der Waals surface area (Å²) in [6.07, 6.45) is 2.33. The Kier molecular flexibility index (Phi) is 4.04. The maximum absolute atomic E-state index is 11.9. The molecule has 1 aromatic rings. The summed E-state index contributed by atoms with van der Waals surface area (Å²) < 4.78 is 2.25. The number of rotatable bonds is 4. The summed E-state index contributed by atoms with van der Waals surface area (Å²) in [7, 11) is 3.01. The van der Waals surface area contributed by atoms with Gasteiger partial charge in [-0.05, 0) is 25.9 Å². The molecule has 0 radical (unpaired) electrons. The zero-order chi connectivity index (χ0) is 14.0. The Morgan fingerprint density at radius 2 is 2.11 bits per heavy atom. The molecular formula is C12H21N5O2. The molecule has 1 aliphatic rings. The van der Waals surface area contributed by atoms with Crippen molar-refractivity contribution in [2.24, 2.45) is 14.1 Å². The van der Waals surface area contributed by atoms with Gasteiger partial charge in [-0.1, -0.05) is 6.92 Å². The van der Waals surface area contributed by atoms with E-state index in [0.29, 0.717) is 12.6 Å². The predicted octanol–water partition coefficient (Wildman–Crippen LogP) is -0.625. The van der Waals surface area contributed by atoms with E-state index >= 15 is 0 Å². The molecule has 7 nitrogen and oxygen atoms in total. The molecule has 0 aliphatic carbocycles. The highest BCUT2D eigenvalue weighted by atomic mass is 16.2. The smallest absolute Gasteiger partial charge is 0.346 e. The average molecular weight is 267 g/mol. The molecule has 1 saturated heterocycles. The number of likely N-dealkylation sites (N-methyl/N-ethyl adjacent to an activating group) is 1. The van der Waals surface area contributed by atoms with E-state index in [4.69, 9.17) is 0 Å². The number of nitrogens with zero attached hydrogens (tertiary/aromatic N) is 4. The molecule has 0 amide bonds. The SMILES string of the molecule is CCN1CCCC1CNc1nn(C)c(=O)n(C)c1=O. The molecule has 0 aromatic carbocycles. The van der Waals surface area contributed by atoms with Gasteiger partial charge in [0.1, 0.15) is 0 Å². The maximum atomic E-state index is 11.9. The molecule has 1 unspecified atom stereocenters. The van der Waals surface area contributed by atoms with Gasteiger partial charge in [0, 0.05) is 26.7 Å². The quantitative estimate of drug-likeness (QED) is 0.787. The lowest BCUT2D eigenvalue weighted by atomic mass is 10.2. The van der Waals surface area contributed by atoms with Crippen molar-refractivity contribution in [3.63, 3.8) is 0 Å². The van der Waals surface area contributed by atoms with Crippen molar-refractivity contribution < 1.29 is 0 Å². The Bertz CT molecular complexity index is 562. The lowest BCUT2D eigenvalue weighted by molar-refractivity contribution is 0.276. The summed E-state index contributed by atoms with van der Waals surface area (Å²) in [5, 5.41) is 7.07. The second-order valence-electron chi connectivity index (χ2n) is 4.92. The van der Waals surface area contributed by atoms with Crippen molar-refractivity contribution in [1.29, 1.82) is 0 Å². The fraction of sp³-hybridized carbons (Fsp3) is 0.750. The van der Waals surface area contributed by atoms with Crippen LogP contribution < -0.4 is 16.6 Å². The van der Waals surface area contributed by atoms with Crippen molar-refractivity contribution in [2.75, 3.05) is 25.0 Å².